The minimum Gasteiger partial charge on any atom is -0.394 e. The molecule has 0 unspecified atom stereocenters. The Morgan fingerprint density at radius 2 is 1.63 bits per heavy atom. The number of halogens is 1. The van der Waals surface area contributed by atoms with Crippen LogP contribution in [0.2, 0.25) is 0 Å². The monoisotopic (exact) mass is 437 g/mol. The highest BCUT2D eigenvalue weighted by Crippen LogP contribution is 2.23. The van der Waals surface area contributed by atoms with Gasteiger partial charge in [0.1, 0.15) is 18.3 Å². The molecular weight excluding hydrogens is 414 g/mol. The molecule has 2 rings (SSSR count). The number of anilines is 1. The number of aliphatic hydroxyl groups excluding tert-OH is 4. The van der Waals surface area contributed by atoms with Gasteiger partial charge in [-0.2, -0.15) is 0 Å². The third-order valence-electron chi connectivity index (χ3n) is 4.22. The Kier molecular flexibility index (Phi) is 7.88. The van der Waals surface area contributed by atoms with Crippen molar-refractivity contribution in [2.24, 2.45) is 10.3 Å². The maximum Gasteiger partial charge on any atom is 0.110 e. The van der Waals surface area contributed by atoms with Crippen molar-refractivity contribution < 1.29 is 20.4 Å². The van der Waals surface area contributed by atoms with Gasteiger partial charge in [0.05, 0.1) is 24.5 Å². The zero-order valence-corrected chi connectivity index (χ0v) is 16.8. The Balaban J connectivity index is 2.27. The third kappa shape index (κ3) is 6.08. The van der Waals surface area contributed by atoms with Crippen LogP contribution in [0.15, 0.2) is 57.3 Å². The summed E-state index contributed by atoms with van der Waals surface area (Å²) in [5.74, 6) is 0. The fourth-order valence-corrected chi connectivity index (χ4v) is 2.61. The lowest BCUT2D eigenvalue weighted by atomic mass is 10.1. The van der Waals surface area contributed by atoms with Crippen molar-refractivity contribution in [3.63, 3.8) is 0 Å². The van der Waals surface area contributed by atoms with Crippen molar-refractivity contribution >= 4 is 27.3 Å². The number of hydrogen-bond donors (Lipinski definition) is 4. The molecule has 146 valence electrons. The topological polar surface area (TPSA) is 109 Å². The van der Waals surface area contributed by atoms with E-state index in [4.69, 9.17) is 5.11 Å². The minimum absolute atomic E-state index is 0.110. The molecule has 0 radical (unpaired) electrons. The molecule has 4 N–H and O–H groups in total. The lowest BCUT2D eigenvalue weighted by Crippen LogP contribution is -2.44. The molecule has 0 fully saturated rings. The van der Waals surface area contributed by atoms with Gasteiger partial charge < -0.3 is 20.4 Å². The first-order valence-corrected chi connectivity index (χ1v) is 9.28. The molecule has 0 aliphatic rings. The fourth-order valence-electron chi connectivity index (χ4n) is 2.34. The maximum atomic E-state index is 10.2. The zero-order chi connectivity index (χ0) is 20.0. The zero-order valence-electron chi connectivity index (χ0n) is 15.2. The van der Waals surface area contributed by atoms with Crippen LogP contribution in [0.3, 0.4) is 0 Å². The predicted molar refractivity (Wildman–Crippen MR) is 107 cm³/mol. The van der Waals surface area contributed by atoms with E-state index in [0.29, 0.717) is 11.4 Å². The molecule has 0 spiro atoms. The second kappa shape index (κ2) is 9.91. The SMILES string of the molecule is Cc1ccc(N(C[C@H](O)[C@H](O)[C@H](O)CO)N=Nc2ccc(Br)cc2)cc1C. The summed E-state index contributed by atoms with van der Waals surface area (Å²) in [5.41, 5.74) is 3.46. The van der Waals surface area contributed by atoms with Crippen molar-refractivity contribution in [1.29, 1.82) is 0 Å². The van der Waals surface area contributed by atoms with Crippen molar-refractivity contribution in [1.82, 2.24) is 0 Å². The first kappa shape index (κ1) is 21.5. The molecule has 0 saturated heterocycles. The lowest BCUT2D eigenvalue weighted by molar-refractivity contribution is -0.0732. The number of aliphatic hydroxyl groups is 4. The van der Waals surface area contributed by atoms with E-state index in [1.54, 1.807) is 12.1 Å². The number of rotatable bonds is 8. The average Bonchev–Trinajstić information content (AvgIpc) is 2.67. The molecule has 0 heterocycles. The van der Waals surface area contributed by atoms with E-state index in [2.05, 4.69) is 26.3 Å². The first-order chi connectivity index (χ1) is 12.8. The Morgan fingerprint density at radius 3 is 2.22 bits per heavy atom. The highest BCUT2D eigenvalue weighted by atomic mass is 79.9. The number of hydrogen-bond acceptors (Lipinski definition) is 6. The van der Waals surface area contributed by atoms with E-state index >= 15 is 0 Å². The summed E-state index contributed by atoms with van der Waals surface area (Å²) in [5, 5.41) is 48.5. The van der Waals surface area contributed by atoms with Gasteiger partial charge >= 0.3 is 0 Å². The second-order valence-corrected chi connectivity index (χ2v) is 7.24. The normalized spacial score (nSPS) is 14.9. The van der Waals surface area contributed by atoms with Crippen LogP contribution in [0.4, 0.5) is 11.4 Å². The first-order valence-electron chi connectivity index (χ1n) is 8.49. The van der Waals surface area contributed by atoms with Gasteiger partial charge in [-0.1, -0.05) is 27.2 Å². The number of nitrogens with zero attached hydrogens (tertiary/aromatic N) is 3. The largest absolute Gasteiger partial charge is 0.394 e. The summed E-state index contributed by atoms with van der Waals surface area (Å²) in [7, 11) is 0. The quantitative estimate of drug-likeness (QED) is 0.374. The van der Waals surface area contributed by atoms with Crippen LogP contribution in [0.25, 0.3) is 0 Å². The van der Waals surface area contributed by atoms with Gasteiger partial charge in [-0.05, 0) is 61.4 Å². The summed E-state index contributed by atoms with van der Waals surface area (Å²) in [6.45, 7) is 3.19. The van der Waals surface area contributed by atoms with Gasteiger partial charge in [0.25, 0.3) is 0 Å². The van der Waals surface area contributed by atoms with Gasteiger partial charge in [0, 0.05) is 4.47 Å². The standard InChI is InChI=1S/C19H24BrN3O4/c1-12-3-8-16(9-13(12)2)23(10-17(25)19(27)18(26)11-24)22-21-15-6-4-14(20)5-7-15/h3-9,17-19,24-27H,10-11H2,1-2H3/t17-,18+,19-/m0/s1. The molecule has 0 bridgehead atoms. The Labute approximate surface area is 166 Å². The van der Waals surface area contributed by atoms with Gasteiger partial charge in [0.2, 0.25) is 0 Å². The lowest BCUT2D eigenvalue weighted by Gasteiger charge is -2.26. The van der Waals surface area contributed by atoms with Crippen molar-refractivity contribution in [3.8, 4) is 0 Å². The molecule has 0 aliphatic carbocycles. The minimum atomic E-state index is -1.51. The molecule has 7 nitrogen and oxygen atoms in total. The molecule has 0 amide bonds. The Bertz CT molecular complexity index is 770. The van der Waals surface area contributed by atoms with Crippen LogP contribution in [0, 0.1) is 13.8 Å². The summed E-state index contributed by atoms with van der Waals surface area (Å²) in [4.78, 5) is 0. The van der Waals surface area contributed by atoms with Gasteiger partial charge in [-0.25, -0.2) is 5.01 Å². The molecule has 0 aliphatic heterocycles. The predicted octanol–water partition coefficient (Wildman–Crippen LogP) is 2.65. The maximum absolute atomic E-state index is 10.2. The van der Waals surface area contributed by atoms with Crippen LogP contribution in [-0.4, -0.2) is 51.9 Å². The number of aryl methyl sites for hydroxylation is 2. The van der Waals surface area contributed by atoms with Crippen LogP contribution >= 0.6 is 15.9 Å². The summed E-state index contributed by atoms with van der Waals surface area (Å²) in [6.07, 6.45) is -4.28. The van der Waals surface area contributed by atoms with E-state index in [9.17, 15) is 15.3 Å². The Morgan fingerprint density at radius 1 is 0.963 bits per heavy atom. The summed E-state index contributed by atoms with van der Waals surface area (Å²) >= 11 is 3.36. The highest BCUT2D eigenvalue weighted by molar-refractivity contribution is 9.10. The van der Waals surface area contributed by atoms with Crippen LogP contribution in [0.1, 0.15) is 11.1 Å². The third-order valence-corrected chi connectivity index (χ3v) is 4.75. The molecule has 2 aromatic carbocycles. The molecule has 0 aromatic heterocycles. The summed E-state index contributed by atoms with van der Waals surface area (Å²) in [6, 6.07) is 12.9. The summed E-state index contributed by atoms with van der Waals surface area (Å²) < 4.78 is 0.920. The average molecular weight is 438 g/mol. The van der Waals surface area contributed by atoms with Crippen LogP contribution in [0.5, 0.6) is 0 Å². The number of benzene rings is 2. The van der Waals surface area contributed by atoms with E-state index < -0.39 is 24.9 Å². The van der Waals surface area contributed by atoms with Crippen LogP contribution in [-0.2, 0) is 0 Å². The van der Waals surface area contributed by atoms with Crippen molar-refractivity contribution in [3.05, 3.63) is 58.1 Å². The van der Waals surface area contributed by atoms with E-state index in [-0.39, 0.29) is 6.54 Å². The van der Waals surface area contributed by atoms with E-state index in [1.807, 2.05) is 44.2 Å². The molecule has 3 atom stereocenters. The molecular formula is C19H24BrN3O4. The highest BCUT2D eigenvalue weighted by Gasteiger charge is 2.26. The van der Waals surface area contributed by atoms with Crippen LogP contribution < -0.4 is 5.01 Å². The molecule has 2 aromatic rings. The van der Waals surface area contributed by atoms with Crippen molar-refractivity contribution in [2.45, 2.75) is 32.2 Å². The molecule has 8 heteroatoms. The molecule has 0 saturated carbocycles. The smallest absolute Gasteiger partial charge is 0.110 e. The van der Waals surface area contributed by atoms with E-state index in [1.165, 1.54) is 5.01 Å². The molecule has 27 heavy (non-hydrogen) atoms. The van der Waals surface area contributed by atoms with Gasteiger partial charge in [-0.15, -0.1) is 5.11 Å². The van der Waals surface area contributed by atoms with Gasteiger partial charge in [-0.3, -0.25) is 0 Å². The van der Waals surface area contributed by atoms with E-state index in [0.717, 1.165) is 15.6 Å². The fraction of sp³-hybridized carbons (Fsp3) is 0.368. The Hall–Kier alpha value is -1.84. The van der Waals surface area contributed by atoms with Crippen molar-refractivity contribution in [2.75, 3.05) is 18.2 Å². The second-order valence-electron chi connectivity index (χ2n) is 6.32. The van der Waals surface area contributed by atoms with Gasteiger partial charge in [0.15, 0.2) is 0 Å².